The molecule has 3 heterocycles. The maximum atomic E-state index is 4.71. The number of pyridine rings is 1. The zero-order valence-corrected chi connectivity index (χ0v) is 20.0. The van der Waals surface area contributed by atoms with Crippen LogP contribution in [0.5, 0.6) is 0 Å². The van der Waals surface area contributed by atoms with Gasteiger partial charge in [-0.05, 0) is 93.9 Å². The van der Waals surface area contributed by atoms with Crippen LogP contribution < -0.4 is 5.32 Å². The van der Waals surface area contributed by atoms with Gasteiger partial charge >= 0.3 is 0 Å². The number of hydrogen-bond acceptors (Lipinski definition) is 4. The first-order chi connectivity index (χ1) is 15.5. The van der Waals surface area contributed by atoms with Crippen molar-refractivity contribution in [2.24, 2.45) is 27.7 Å². The van der Waals surface area contributed by atoms with Crippen molar-refractivity contribution in [3.63, 3.8) is 0 Å². The summed E-state index contributed by atoms with van der Waals surface area (Å²) in [4.78, 5) is 13.9. The molecule has 4 heteroatoms. The monoisotopic (exact) mass is 430 g/mol. The molecule has 3 aliphatic rings. The third-order valence-corrected chi connectivity index (χ3v) is 7.29. The first-order valence-corrected chi connectivity index (χ1v) is 12.3. The lowest BCUT2D eigenvalue weighted by molar-refractivity contribution is 0.272. The quantitative estimate of drug-likeness (QED) is 0.615. The van der Waals surface area contributed by atoms with Crippen LogP contribution in [0.15, 0.2) is 57.7 Å². The highest BCUT2D eigenvalue weighted by molar-refractivity contribution is 5.81. The molecule has 1 aromatic heterocycles. The Morgan fingerprint density at radius 2 is 1.81 bits per heavy atom. The smallest absolute Gasteiger partial charge is 0.0559 e. The molecule has 0 saturated heterocycles. The molecule has 0 spiro atoms. The van der Waals surface area contributed by atoms with Gasteiger partial charge in [-0.3, -0.25) is 15.0 Å². The molecule has 4 nitrogen and oxygen atoms in total. The summed E-state index contributed by atoms with van der Waals surface area (Å²) in [6, 6.07) is 4.87. The summed E-state index contributed by atoms with van der Waals surface area (Å²) in [5.74, 6) is 1.82. The van der Waals surface area contributed by atoms with Crippen molar-refractivity contribution in [1.29, 1.82) is 0 Å². The maximum absolute atomic E-state index is 4.71. The number of hydrogen-bond donors (Lipinski definition) is 1. The zero-order valence-electron chi connectivity index (χ0n) is 20.0. The highest BCUT2D eigenvalue weighted by Gasteiger charge is 2.26. The van der Waals surface area contributed by atoms with E-state index in [1.807, 2.05) is 25.4 Å². The summed E-state index contributed by atoms with van der Waals surface area (Å²) in [7, 11) is 0. The van der Waals surface area contributed by atoms with Gasteiger partial charge in [-0.25, -0.2) is 0 Å². The highest BCUT2D eigenvalue weighted by Crippen LogP contribution is 2.32. The van der Waals surface area contributed by atoms with Crippen molar-refractivity contribution >= 4 is 12.4 Å². The van der Waals surface area contributed by atoms with Crippen LogP contribution in [0.25, 0.3) is 0 Å². The van der Waals surface area contributed by atoms with E-state index >= 15 is 0 Å². The number of aliphatic imine (C=N–C) groups is 2. The summed E-state index contributed by atoms with van der Waals surface area (Å²) in [6.07, 6.45) is 15.8. The molecular weight excluding hydrogens is 392 g/mol. The summed E-state index contributed by atoms with van der Waals surface area (Å²) in [5.41, 5.74) is 7.33. The van der Waals surface area contributed by atoms with E-state index in [1.165, 1.54) is 54.5 Å². The van der Waals surface area contributed by atoms with Gasteiger partial charge in [0.2, 0.25) is 0 Å². The molecule has 0 aromatic carbocycles. The third-order valence-electron chi connectivity index (χ3n) is 7.29. The lowest BCUT2D eigenvalue weighted by Gasteiger charge is -2.33. The Kier molecular flexibility index (Phi) is 7.39. The van der Waals surface area contributed by atoms with Gasteiger partial charge in [0.25, 0.3) is 0 Å². The standard InChI is InChI=1S/C28H38N4/c1-5-27-25(14-24-9-6-20(3)31-21(24)4)17-30-18-28(27)32-26-10-7-22(8-11-26)13-23-12-19(2)15-29-16-23/h5-6,9,12,15,18,22-23,25-26,32H,1,7-8,10-11,13-14,16-17H2,2-4H3. The van der Waals surface area contributed by atoms with E-state index < -0.39 is 0 Å². The van der Waals surface area contributed by atoms with Crippen LogP contribution in [0, 0.1) is 31.6 Å². The number of dihydropyridines is 2. The van der Waals surface area contributed by atoms with Crippen molar-refractivity contribution in [2.45, 2.75) is 65.3 Å². The largest absolute Gasteiger partial charge is 0.381 e. The topological polar surface area (TPSA) is 49.6 Å². The molecule has 0 amide bonds. The predicted octanol–water partition coefficient (Wildman–Crippen LogP) is 5.57. The molecule has 1 N–H and O–H groups in total. The van der Waals surface area contributed by atoms with Gasteiger partial charge in [0, 0.05) is 48.9 Å². The van der Waals surface area contributed by atoms with E-state index in [2.05, 4.69) is 53.9 Å². The molecule has 1 aliphatic carbocycles. The molecule has 0 bridgehead atoms. The SMILES string of the molecule is C=CC1=C(NC2CCC(CC3C=C(C)C=NC3)CC2)C=NCC1Cc1ccc(C)nc1C. The predicted molar refractivity (Wildman–Crippen MR) is 136 cm³/mol. The van der Waals surface area contributed by atoms with Gasteiger partial charge in [-0.15, -0.1) is 0 Å². The molecule has 1 saturated carbocycles. The fourth-order valence-corrected chi connectivity index (χ4v) is 5.57. The summed E-state index contributed by atoms with van der Waals surface area (Å²) >= 11 is 0. The number of aromatic nitrogens is 1. The number of nitrogens with one attached hydrogen (secondary N) is 1. The van der Waals surface area contributed by atoms with Gasteiger partial charge < -0.3 is 5.32 Å². The van der Waals surface area contributed by atoms with Crippen molar-refractivity contribution < 1.29 is 0 Å². The van der Waals surface area contributed by atoms with Crippen LogP contribution in [0.2, 0.25) is 0 Å². The minimum atomic E-state index is 0.362. The van der Waals surface area contributed by atoms with Gasteiger partial charge in [-0.1, -0.05) is 24.8 Å². The van der Waals surface area contributed by atoms with Gasteiger partial charge in [-0.2, -0.15) is 0 Å². The first kappa shape index (κ1) is 22.7. The van der Waals surface area contributed by atoms with Crippen LogP contribution in [0.3, 0.4) is 0 Å². The second-order valence-corrected chi connectivity index (χ2v) is 9.93. The van der Waals surface area contributed by atoms with Gasteiger partial charge in [0.05, 0.1) is 5.70 Å². The van der Waals surface area contributed by atoms with Crippen LogP contribution in [0.1, 0.15) is 56.0 Å². The Bertz CT molecular complexity index is 944. The summed E-state index contributed by atoms with van der Waals surface area (Å²) < 4.78 is 0. The molecule has 170 valence electrons. The molecule has 32 heavy (non-hydrogen) atoms. The number of rotatable bonds is 7. The average Bonchev–Trinajstić information content (AvgIpc) is 2.77. The maximum Gasteiger partial charge on any atom is 0.0559 e. The Hall–Kier alpha value is -2.49. The minimum absolute atomic E-state index is 0.362. The Labute approximate surface area is 193 Å². The van der Waals surface area contributed by atoms with Crippen molar-refractivity contribution in [2.75, 3.05) is 13.1 Å². The molecule has 1 aromatic rings. The fourth-order valence-electron chi connectivity index (χ4n) is 5.57. The minimum Gasteiger partial charge on any atom is -0.381 e. The van der Waals surface area contributed by atoms with Crippen LogP contribution >= 0.6 is 0 Å². The van der Waals surface area contributed by atoms with Crippen LogP contribution in [-0.4, -0.2) is 36.5 Å². The average molecular weight is 431 g/mol. The van der Waals surface area contributed by atoms with Crippen molar-refractivity contribution in [3.8, 4) is 0 Å². The molecule has 1 fully saturated rings. The second-order valence-electron chi connectivity index (χ2n) is 9.93. The normalized spacial score (nSPS) is 27.9. The lowest BCUT2D eigenvalue weighted by atomic mass is 9.80. The van der Waals surface area contributed by atoms with E-state index in [9.17, 15) is 0 Å². The van der Waals surface area contributed by atoms with E-state index in [-0.39, 0.29) is 0 Å². The van der Waals surface area contributed by atoms with E-state index in [0.29, 0.717) is 17.9 Å². The molecular formula is C28H38N4. The second kappa shape index (κ2) is 10.4. The zero-order chi connectivity index (χ0) is 22.5. The van der Waals surface area contributed by atoms with Gasteiger partial charge in [0.15, 0.2) is 0 Å². The fraction of sp³-hybridized carbons (Fsp3) is 0.536. The number of aryl methyl sites for hydroxylation is 2. The molecule has 4 rings (SSSR count). The first-order valence-electron chi connectivity index (χ1n) is 12.3. The van der Waals surface area contributed by atoms with Crippen molar-refractivity contribution in [3.05, 3.63) is 64.7 Å². The Balaban J connectivity index is 1.35. The third kappa shape index (κ3) is 5.65. The van der Waals surface area contributed by atoms with Crippen LogP contribution in [-0.2, 0) is 6.42 Å². The number of nitrogens with zero attached hydrogens (tertiary/aromatic N) is 3. The lowest BCUT2D eigenvalue weighted by Crippen LogP contribution is -2.36. The van der Waals surface area contributed by atoms with Crippen LogP contribution in [0.4, 0.5) is 0 Å². The van der Waals surface area contributed by atoms with E-state index in [0.717, 1.165) is 36.8 Å². The molecule has 2 aliphatic heterocycles. The van der Waals surface area contributed by atoms with Gasteiger partial charge in [0.1, 0.15) is 0 Å². The molecule has 0 radical (unpaired) electrons. The Morgan fingerprint density at radius 3 is 2.53 bits per heavy atom. The summed E-state index contributed by atoms with van der Waals surface area (Å²) in [5, 5.41) is 3.84. The van der Waals surface area contributed by atoms with E-state index in [1.54, 1.807) is 0 Å². The molecule has 2 atom stereocenters. The number of allylic oxidation sites excluding steroid dienone is 3. The summed E-state index contributed by atoms with van der Waals surface area (Å²) in [6.45, 7) is 12.3. The highest BCUT2D eigenvalue weighted by atomic mass is 15.0. The molecule has 2 unspecified atom stereocenters. The van der Waals surface area contributed by atoms with E-state index in [4.69, 9.17) is 4.99 Å². The Morgan fingerprint density at radius 1 is 1.03 bits per heavy atom. The van der Waals surface area contributed by atoms with Crippen molar-refractivity contribution in [1.82, 2.24) is 10.3 Å².